The highest BCUT2D eigenvalue weighted by molar-refractivity contribution is 5.69. The predicted octanol–water partition coefficient (Wildman–Crippen LogP) is 1.77. The second kappa shape index (κ2) is 4.04. The Kier molecular flexibility index (Phi) is 2.54. The first kappa shape index (κ1) is 10.1. The lowest BCUT2D eigenvalue weighted by Gasteiger charge is -2.40. The minimum Gasteiger partial charge on any atom is -0.392 e. The molecule has 0 spiro atoms. The quantitative estimate of drug-likeness (QED) is 0.771. The van der Waals surface area contributed by atoms with Crippen molar-refractivity contribution >= 4 is 5.57 Å². The molecule has 1 aromatic carbocycles. The van der Waals surface area contributed by atoms with Crippen molar-refractivity contribution in [2.24, 2.45) is 5.92 Å². The van der Waals surface area contributed by atoms with Crippen molar-refractivity contribution in [3.05, 3.63) is 42.0 Å². The molecular formula is C14H17NO. The lowest BCUT2D eigenvalue weighted by atomic mass is 9.81. The van der Waals surface area contributed by atoms with Gasteiger partial charge >= 0.3 is 0 Å². The fraction of sp³-hybridized carbons (Fsp3) is 0.429. The molecule has 2 aliphatic heterocycles. The first-order valence-electron chi connectivity index (χ1n) is 6.00. The summed E-state index contributed by atoms with van der Waals surface area (Å²) in [7, 11) is 0. The highest BCUT2D eigenvalue weighted by atomic mass is 16.3. The predicted molar refractivity (Wildman–Crippen MR) is 65.0 cm³/mol. The lowest BCUT2D eigenvalue weighted by Crippen LogP contribution is -2.46. The molecule has 16 heavy (non-hydrogen) atoms. The van der Waals surface area contributed by atoms with Crippen molar-refractivity contribution in [3.63, 3.8) is 0 Å². The molecule has 0 aromatic heterocycles. The molecule has 84 valence electrons. The molecule has 3 unspecified atom stereocenters. The van der Waals surface area contributed by atoms with Crippen molar-refractivity contribution in [1.29, 1.82) is 0 Å². The molecule has 0 radical (unpaired) electrons. The van der Waals surface area contributed by atoms with Gasteiger partial charge in [0.25, 0.3) is 0 Å². The Bertz CT molecular complexity index is 398. The number of aliphatic hydroxyl groups excluding tert-OH is 1. The minimum atomic E-state index is -0.164. The van der Waals surface area contributed by atoms with E-state index in [0.717, 1.165) is 26.1 Å². The minimum absolute atomic E-state index is 0.164. The summed E-state index contributed by atoms with van der Waals surface area (Å²) in [6.45, 7) is 3.09. The zero-order valence-corrected chi connectivity index (χ0v) is 9.34. The molecule has 2 heteroatoms. The Labute approximate surface area is 96.2 Å². The van der Waals surface area contributed by atoms with Crippen LogP contribution in [0.3, 0.4) is 0 Å². The van der Waals surface area contributed by atoms with Crippen molar-refractivity contribution in [1.82, 2.24) is 4.90 Å². The smallest absolute Gasteiger partial charge is 0.0633 e. The molecule has 1 aromatic rings. The molecule has 1 N–H and O–H groups in total. The number of nitrogens with zero attached hydrogens (tertiary/aromatic N) is 1. The first-order valence-corrected chi connectivity index (χ1v) is 6.00. The number of piperidine rings is 1. The Morgan fingerprint density at radius 2 is 2.00 bits per heavy atom. The van der Waals surface area contributed by atoms with Crippen molar-refractivity contribution in [3.8, 4) is 0 Å². The molecule has 2 bridgehead atoms. The van der Waals surface area contributed by atoms with Gasteiger partial charge in [0.2, 0.25) is 0 Å². The Morgan fingerprint density at radius 1 is 1.19 bits per heavy atom. The van der Waals surface area contributed by atoms with Crippen molar-refractivity contribution in [2.45, 2.75) is 12.5 Å². The molecule has 2 heterocycles. The Balaban J connectivity index is 1.95. The van der Waals surface area contributed by atoms with Crippen LogP contribution in [-0.4, -0.2) is 35.7 Å². The topological polar surface area (TPSA) is 23.5 Å². The van der Waals surface area contributed by atoms with Crippen LogP contribution < -0.4 is 0 Å². The first-order chi connectivity index (χ1) is 7.84. The van der Waals surface area contributed by atoms with Gasteiger partial charge in [0.05, 0.1) is 6.10 Å². The number of aliphatic hydroxyl groups is 1. The van der Waals surface area contributed by atoms with E-state index in [1.165, 1.54) is 11.1 Å². The van der Waals surface area contributed by atoms with Gasteiger partial charge in [0.1, 0.15) is 0 Å². The van der Waals surface area contributed by atoms with E-state index in [1.807, 2.05) is 6.07 Å². The number of fused-ring (bicyclic) bond motifs is 2. The molecule has 3 rings (SSSR count). The standard InChI is InChI=1S/C14H17NO/c16-14-7-9-15-8-6-12(13(14)10-15)11-4-2-1-3-5-11/h1-6,13-14,16H,7-10H2. The van der Waals surface area contributed by atoms with Gasteiger partial charge in [0.15, 0.2) is 0 Å². The number of benzene rings is 1. The van der Waals surface area contributed by atoms with Crippen LogP contribution in [0.5, 0.6) is 0 Å². The van der Waals surface area contributed by atoms with Crippen LogP contribution in [0.1, 0.15) is 12.0 Å². The largest absolute Gasteiger partial charge is 0.392 e. The molecule has 2 aliphatic rings. The summed E-state index contributed by atoms with van der Waals surface area (Å²) in [6, 6.07) is 10.5. The maximum Gasteiger partial charge on any atom is 0.0633 e. The summed E-state index contributed by atoms with van der Waals surface area (Å²) < 4.78 is 0. The third kappa shape index (κ3) is 1.68. The van der Waals surface area contributed by atoms with E-state index < -0.39 is 0 Å². The van der Waals surface area contributed by atoms with Crippen LogP contribution >= 0.6 is 0 Å². The summed E-state index contributed by atoms with van der Waals surface area (Å²) in [4.78, 5) is 2.42. The van der Waals surface area contributed by atoms with E-state index in [0.29, 0.717) is 5.92 Å². The van der Waals surface area contributed by atoms with Crippen LogP contribution in [0.4, 0.5) is 0 Å². The second-order valence-corrected chi connectivity index (χ2v) is 4.75. The molecule has 2 nitrogen and oxygen atoms in total. The molecule has 0 aliphatic carbocycles. The zero-order valence-electron chi connectivity index (χ0n) is 9.34. The Morgan fingerprint density at radius 3 is 2.81 bits per heavy atom. The van der Waals surface area contributed by atoms with E-state index in [2.05, 4.69) is 35.2 Å². The second-order valence-electron chi connectivity index (χ2n) is 4.75. The van der Waals surface area contributed by atoms with Gasteiger partial charge in [-0.05, 0) is 17.6 Å². The highest BCUT2D eigenvalue weighted by Crippen LogP contribution is 2.34. The summed E-state index contributed by atoms with van der Waals surface area (Å²) in [5.74, 6) is 0.310. The van der Waals surface area contributed by atoms with Gasteiger partial charge in [-0.15, -0.1) is 0 Å². The monoisotopic (exact) mass is 215 g/mol. The molecule has 0 saturated carbocycles. The maximum atomic E-state index is 10.1. The van der Waals surface area contributed by atoms with E-state index >= 15 is 0 Å². The average molecular weight is 215 g/mol. The van der Waals surface area contributed by atoms with Gasteiger partial charge in [-0.1, -0.05) is 36.4 Å². The third-order valence-corrected chi connectivity index (χ3v) is 3.74. The molecule has 3 atom stereocenters. The lowest BCUT2D eigenvalue weighted by molar-refractivity contribution is 0.0509. The van der Waals surface area contributed by atoms with Gasteiger partial charge in [-0.25, -0.2) is 0 Å². The van der Waals surface area contributed by atoms with E-state index in [9.17, 15) is 5.11 Å². The van der Waals surface area contributed by atoms with Crippen molar-refractivity contribution in [2.75, 3.05) is 19.6 Å². The van der Waals surface area contributed by atoms with Crippen LogP contribution in [0.25, 0.3) is 5.57 Å². The van der Waals surface area contributed by atoms with E-state index in [-0.39, 0.29) is 6.10 Å². The van der Waals surface area contributed by atoms with Gasteiger partial charge in [-0.3, -0.25) is 4.90 Å². The number of hydrogen-bond donors (Lipinski definition) is 1. The summed E-state index contributed by atoms with van der Waals surface area (Å²) >= 11 is 0. The average Bonchev–Trinajstić information content (AvgIpc) is 2.36. The molecular weight excluding hydrogens is 198 g/mol. The van der Waals surface area contributed by atoms with Gasteiger partial charge in [-0.2, -0.15) is 0 Å². The fourth-order valence-corrected chi connectivity index (χ4v) is 2.82. The maximum absolute atomic E-state index is 10.1. The molecule has 1 fully saturated rings. The third-order valence-electron chi connectivity index (χ3n) is 3.74. The van der Waals surface area contributed by atoms with Crippen LogP contribution in [-0.2, 0) is 0 Å². The van der Waals surface area contributed by atoms with Crippen LogP contribution in [0.2, 0.25) is 0 Å². The number of hydrogen-bond acceptors (Lipinski definition) is 2. The van der Waals surface area contributed by atoms with E-state index in [1.54, 1.807) is 0 Å². The van der Waals surface area contributed by atoms with Crippen molar-refractivity contribution < 1.29 is 5.11 Å². The van der Waals surface area contributed by atoms with E-state index in [4.69, 9.17) is 0 Å². The summed E-state index contributed by atoms with van der Waals surface area (Å²) in [5, 5.41) is 10.1. The molecule has 1 saturated heterocycles. The van der Waals surface area contributed by atoms with Crippen LogP contribution in [0, 0.1) is 5.92 Å². The number of rotatable bonds is 1. The summed E-state index contributed by atoms with van der Waals surface area (Å²) in [5.41, 5.74) is 2.61. The Hall–Kier alpha value is -1.12. The fourth-order valence-electron chi connectivity index (χ4n) is 2.82. The summed E-state index contributed by atoms with van der Waals surface area (Å²) in [6.07, 6.45) is 3.03. The van der Waals surface area contributed by atoms with Gasteiger partial charge < -0.3 is 5.11 Å². The zero-order chi connectivity index (χ0) is 11.0. The SMILES string of the molecule is OC1CCN2CC=C(c3ccccc3)C1C2. The highest BCUT2D eigenvalue weighted by Gasteiger charge is 2.33. The molecule has 0 amide bonds. The van der Waals surface area contributed by atoms with Gasteiger partial charge in [0, 0.05) is 25.6 Å². The van der Waals surface area contributed by atoms with Crippen LogP contribution in [0.15, 0.2) is 36.4 Å². The normalized spacial score (nSPS) is 33.3.